The number of aliphatic hydroxyl groups is 1. The van der Waals surface area contributed by atoms with Crippen molar-refractivity contribution < 1.29 is 14.7 Å². The summed E-state index contributed by atoms with van der Waals surface area (Å²) in [6.45, 7) is 5.13. The van der Waals surface area contributed by atoms with E-state index in [0.717, 1.165) is 5.56 Å². The monoisotopic (exact) mass is 301 g/mol. The second-order valence-electron chi connectivity index (χ2n) is 5.43. The van der Waals surface area contributed by atoms with Crippen molar-refractivity contribution in [3.8, 4) is 0 Å². The van der Waals surface area contributed by atoms with E-state index in [1.807, 2.05) is 25.1 Å². The quantitative estimate of drug-likeness (QED) is 0.777. The van der Waals surface area contributed by atoms with Gasteiger partial charge in [0.05, 0.1) is 17.2 Å². The van der Waals surface area contributed by atoms with E-state index in [4.69, 9.17) is 5.73 Å². The van der Waals surface area contributed by atoms with E-state index in [9.17, 15) is 14.7 Å². The van der Waals surface area contributed by atoms with Gasteiger partial charge >= 0.3 is 0 Å². The van der Waals surface area contributed by atoms with Crippen LogP contribution in [0.25, 0.3) is 10.9 Å². The van der Waals surface area contributed by atoms with E-state index in [-0.39, 0.29) is 0 Å². The zero-order chi connectivity index (χ0) is 16.4. The topological polar surface area (TPSA) is 105 Å². The van der Waals surface area contributed by atoms with Gasteiger partial charge in [-0.05, 0) is 38.5 Å². The Morgan fingerprint density at radius 2 is 1.95 bits per heavy atom. The summed E-state index contributed by atoms with van der Waals surface area (Å²) in [6.07, 6.45) is -1.07. The normalized spacial score (nSPS) is 13.6. The molecule has 0 spiro atoms. The van der Waals surface area contributed by atoms with Crippen LogP contribution >= 0.6 is 0 Å². The molecule has 1 heterocycles. The van der Waals surface area contributed by atoms with Crippen LogP contribution in [0.15, 0.2) is 24.3 Å². The summed E-state index contributed by atoms with van der Waals surface area (Å²) in [7, 11) is 0. The molecule has 2 amide bonds. The summed E-state index contributed by atoms with van der Waals surface area (Å²) in [4.78, 5) is 28.2. The van der Waals surface area contributed by atoms with Crippen LogP contribution in [-0.2, 0) is 4.79 Å². The van der Waals surface area contributed by atoms with Gasteiger partial charge in [-0.15, -0.1) is 0 Å². The number of benzene rings is 1. The zero-order valence-corrected chi connectivity index (χ0v) is 12.8. The van der Waals surface area contributed by atoms with Gasteiger partial charge in [-0.3, -0.25) is 14.6 Å². The average Bonchev–Trinajstić information content (AvgIpc) is 2.42. The molecule has 6 nitrogen and oxygen atoms in total. The zero-order valence-electron chi connectivity index (χ0n) is 12.8. The second kappa shape index (κ2) is 6.11. The van der Waals surface area contributed by atoms with Crippen LogP contribution in [0.1, 0.15) is 28.5 Å². The Bertz CT molecular complexity index is 735. The van der Waals surface area contributed by atoms with E-state index in [0.29, 0.717) is 22.2 Å². The van der Waals surface area contributed by atoms with Crippen molar-refractivity contribution in [3.63, 3.8) is 0 Å². The molecule has 0 aliphatic carbocycles. The minimum absolute atomic E-state index is 0.398. The number of nitrogens with one attached hydrogen (secondary N) is 1. The van der Waals surface area contributed by atoms with Crippen molar-refractivity contribution in [2.45, 2.75) is 32.9 Å². The highest BCUT2D eigenvalue weighted by molar-refractivity contribution is 6.07. The van der Waals surface area contributed by atoms with Gasteiger partial charge in [0, 0.05) is 11.1 Å². The summed E-state index contributed by atoms with van der Waals surface area (Å²) in [5.41, 5.74) is 8.03. The highest BCUT2D eigenvalue weighted by atomic mass is 16.3. The van der Waals surface area contributed by atoms with E-state index >= 15 is 0 Å². The lowest BCUT2D eigenvalue weighted by molar-refractivity contribution is -0.122. The Labute approximate surface area is 128 Å². The highest BCUT2D eigenvalue weighted by Gasteiger charge is 2.24. The Kier molecular flexibility index (Phi) is 4.42. The number of nitrogens with two attached hydrogens (primary N) is 1. The van der Waals surface area contributed by atoms with Crippen LogP contribution in [-0.4, -0.2) is 34.1 Å². The van der Waals surface area contributed by atoms with Gasteiger partial charge in [0.25, 0.3) is 5.91 Å². The van der Waals surface area contributed by atoms with Crippen molar-refractivity contribution in [1.82, 2.24) is 10.3 Å². The van der Waals surface area contributed by atoms with Gasteiger partial charge in [-0.2, -0.15) is 0 Å². The number of aryl methyl sites for hydroxylation is 2. The molecule has 116 valence electrons. The first kappa shape index (κ1) is 15.9. The molecule has 0 saturated carbocycles. The molecule has 0 fully saturated rings. The van der Waals surface area contributed by atoms with Gasteiger partial charge in [0.1, 0.15) is 6.04 Å². The third kappa shape index (κ3) is 3.23. The third-order valence-electron chi connectivity index (χ3n) is 3.41. The lowest BCUT2D eigenvalue weighted by Crippen LogP contribution is -2.50. The molecule has 22 heavy (non-hydrogen) atoms. The smallest absolute Gasteiger partial charge is 0.252 e. The molecule has 0 aliphatic rings. The van der Waals surface area contributed by atoms with Crippen molar-refractivity contribution in [1.29, 1.82) is 0 Å². The van der Waals surface area contributed by atoms with E-state index in [2.05, 4.69) is 10.3 Å². The minimum Gasteiger partial charge on any atom is -0.391 e. The lowest BCUT2D eigenvalue weighted by Gasteiger charge is -2.18. The number of fused-ring (bicyclic) bond motifs is 1. The number of aromatic nitrogens is 1. The van der Waals surface area contributed by atoms with Gasteiger partial charge in [-0.1, -0.05) is 12.1 Å². The summed E-state index contributed by atoms with van der Waals surface area (Å²) in [6, 6.07) is 6.10. The van der Waals surface area contributed by atoms with Crippen LogP contribution < -0.4 is 11.1 Å². The molecule has 2 aromatic rings. The van der Waals surface area contributed by atoms with Crippen molar-refractivity contribution >= 4 is 22.7 Å². The SMILES string of the molecule is Cc1ccc2c(C(=O)N[C@H](C(N)=O)[C@@H](C)O)cc(C)nc2c1. The van der Waals surface area contributed by atoms with E-state index in [1.54, 1.807) is 13.0 Å². The fraction of sp³-hybridized carbons (Fsp3) is 0.312. The molecule has 0 aliphatic heterocycles. The first-order chi connectivity index (χ1) is 10.3. The number of amides is 2. The van der Waals surface area contributed by atoms with E-state index in [1.165, 1.54) is 6.92 Å². The number of aliphatic hydroxyl groups excluding tert-OH is 1. The third-order valence-corrected chi connectivity index (χ3v) is 3.41. The number of pyridine rings is 1. The molecule has 0 bridgehead atoms. The Morgan fingerprint density at radius 3 is 2.55 bits per heavy atom. The maximum atomic E-state index is 12.5. The number of hydrogen-bond donors (Lipinski definition) is 3. The second-order valence-corrected chi connectivity index (χ2v) is 5.43. The van der Waals surface area contributed by atoms with Crippen LogP contribution in [0.5, 0.6) is 0 Å². The highest BCUT2D eigenvalue weighted by Crippen LogP contribution is 2.20. The fourth-order valence-electron chi connectivity index (χ4n) is 2.31. The maximum absolute atomic E-state index is 12.5. The summed E-state index contributed by atoms with van der Waals surface area (Å²) < 4.78 is 0. The number of rotatable bonds is 4. The predicted molar refractivity (Wildman–Crippen MR) is 83.3 cm³/mol. The number of nitrogens with zero attached hydrogens (tertiary/aromatic N) is 1. The van der Waals surface area contributed by atoms with Crippen molar-refractivity contribution in [2.75, 3.05) is 0 Å². The summed E-state index contributed by atoms with van der Waals surface area (Å²) in [5.74, 6) is -1.25. The van der Waals surface area contributed by atoms with Crippen LogP contribution in [0.4, 0.5) is 0 Å². The van der Waals surface area contributed by atoms with Gasteiger partial charge in [-0.25, -0.2) is 0 Å². The van der Waals surface area contributed by atoms with Crippen LogP contribution in [0.3, 0.4) is 0 Å². The van der Waals surface area contributed by atoms with Gasteiger partial charge in [0.15, 0.2) is 0 Å². The number of carbonyl (C=O) groups excluding carboxylic acids is 2. The lowest BCUT2D eigenvalue weighted by atomic mass is 10.0. The molecular formula is C16H19N3O3. The Hall–Kier alpha value is -2.47. The molecular weight excluding hydrogens is 282 g/mol. The van der Waals surface area contributed by atoms with E-state index < -0.39 is 24.0 Å². The molecule has 6 heteroatoms. The molecule has 2 rings (SSSR count). The van der Waals surface area contributed by atoms with Crippen molar-refractivity contribution in [3.05, 3.63) is 41.1 Å². The molecule has 0 radical (unpaired) electrons. The maximum Gasteiger partial charge on any atom is 0.252 e. The van der Waals surface area contributed by atoms with Crippen molar-refractivity contribution in [2.24, 2.45) is 5.73 Å². The van der Waals surface area contributed by atoms with Gasteiger partial charge < -0.3 is 16.2 Å². The minimum atomic E-state index is -1.14. The molecule has 2 atom stereocenters. The standard InChI is InChI=1S/C16H19N3O3/c1-8-4-5-11-12(7-9(2)18-13(11)6-8)16(22)19-14(10(3)20)15(17)21/h4-7,10,14,20H,1-3H3,(H2,17,21)(H,19,22)/t10-,14+/m1/s1. The number of hydrogen-bond acceptors (Lipinski definition) is 4. The largest absolute Gasteiger partial charge is 0.391 e. The molecule has 0 unspecified atom stereocenters. The Morgan fingerprint density at radius 1 is 1.27 bits per heavy atom. The van der Waals surface area contributed by atoms with Crippen LogP contribution in [0.2, 0.25) is 0 Å². The molecule has 1 aromatic carbocycles. The predicted octanol–water partition coefficient (Wildman–Crippen LogP) is 0.816. The Balaban J connectivity index is 2.45. The fourth-order valence-corrected chi connectivity index (χ4v) is 2.31. The first-order valence-electron chi connectivity index (χ1n) is 6.96. The molecule has 4 N–H and O–H groups in total. The first-order valence-corrected chi connectivity index (χ1v) is 6.96. The summed E-state index contributed by atoms with van der Waals surface area (Å²) >= 11 is 0. The number of primary amides is 1. The molecule has 1 aromatic heterocycles. The average molecular weight is 301 g/mol. The molecule has 0 saturated heterocycles. The summed E-state index contributed by atoms with van der Waals surface area (Å²) in [5, 5.41) is 12.7. The number of carbonyl (C=O) groups is 2. The van der Waals surface area contributed by atoms with Gasteiger partial charge in [0.2, 0.25) is 5.91 Å². The van der Waals surface area contributed by atoms with Crippen LogP contribution in [0, 0.1) is 13.8 Å².